The zero-order valence-electron chi connectivity index (χ0n) is 21.0. The standard InChI is InChI=1S/C30H33ClN2O3/c1-28-10-8-19-15-22-25(34)26(35)23(33(2)3)16-29(22)11-12-30(19,36-29)24(28)7-6-21(28)18-5-4-17-9-13-32-27(31)20(17)14-18/h4-6,8-9,13-15,23-26,34-35H,7,10-12,16H2,1-3H3/t23-,24?,25+,26+,28+,29+,30+/m0/s1. The molecule has 7 atom stereocenters. The van der Waals surface area contributed by atoms with Crippen molar-refractivity contribution in [3.63, 3.8) is 0 Å². The zero-order chi connectivity index (χ0) is 25.0. The fourth-order valence-corrected chi connectivity index (χ4v) is 8.47. The van der Waals surface area contributed by atoms with Gasteiger partial charge >= 0.3 is 0 Å². The molecule has 1 saturated heterocycles. The van der Waals surface area contributed by atoms with Crippen LogP contribution < -0.4 is 0 Å². The minimum absolute atomic E-state index is 0.0590. The number of likely N-dealkylation sites (N-methyl/N-ethyl adjacent to an activating group) is 1. The number of ether oxygens (including phenoxy) is 1. The molecule has 5 aliphatic rings. The van der Waals surface area contributed by atoms with Crippen LogP contribution in [0.25, 0.3) is 16.3 Å². The van der Waals surface area contributed by atoms with Crippen LogP contribution >= 0.6 is 11.6 Å². The Morgan fingerprint density at radius 3 is 2.78 bits per heavy atom. The average Bonchev–Trinajstić information content (AvgIpc) is 3.37. The van der Waals surface area contributed by atoms with Gasteiger partial charge in [0.15, 0.2) is 0 Å². The van der Waals surface area contributed by atoms with Crippen molar-refractivity contribution in [2.45, 2.75) is 68.5 Å². The minimum atomic E-state index is -0.898. The molecule has 2 fully saturated rings. The summed E-state index contributed by atoms with van der Waals surface area (Å²) in [4.78, 5) is 6.32. The van der Waals surface area contributed by atoms with Crippen LogP contribution in [0.5, 0.6) is 0 Å². The number of benzene rings is 1. The van der Waals surface area contributed by atoms with Crippen LogP contribution in [0.1, 0.15) is 44.6 Å². The third-order valence-electron chi connectivity index (χ3n) is 10.1. The maximum atomic E-state index is 11.2. The second-order valence-electron chi connectivity index (χ2n) is 12.0. The molecule has 2 spiro atoms. The Kier molecular flexibility index (Phi) is 4.83. The number of hydrogen-bond donors (Lipinski definition) is 2. The SMILES string of the molecule is CN(C)[C@H]1C[C@@]23CC[C@@]4(O2)C(=CC[C@]2(C)C(c5ccc6ccnc(Cl)c6c5)=CCC24)C=C3[C@@H](O)[C@@H]1O. The Bertz CT molecular complexity index is 1380. The van der Waals surface area contributed by atoms with E-state index < -0.39 is 17.8 Å². The molecule has 2 aliphatic heterocycles. The van der Waals surface area contributed by atoms with E-state index in [0.717, 1.165) is 42.0 Å². The first kappa shape index (κ1) is 23.1. The van der Waals surface area contributed by atoms with Gasteiger partial charge in [-0.15, -0.1) is 0 Å². The fourth-order valence-electron chi connectivity index (χ4n) is 8.25. The van der Waals surface area contributed by atoms with Crippen molar-refractivity contribution in [2.24, 2.45) is 11.3 Å². The Hall–Kier alpha value is -2.02. The number of fused-ring (bicyclic) bond motifs is 2. The van der Waals surface area contributed by atoms with Gasteiger partial charge in [0.05, 0.1) is 17.3 Å². The van der Waals surface area contributed by atoms with Gasteiger partial charge in [0.25, 0.3) is 0 Å². The molecule has 2 N–H and O–H groups in total. The summed E-state index contributed by atoms with van der Waals surface area (Å²) in [6.07, 6.45) is 11.4. The van der Waals surface area contributed by atoms with Crippen molar-refractivity contribution in [3.05, 3.63) is 70.6 Å². The molecule has 1 unspecified atom stereocenters. The zero-order valence-corrected chi connectivity index (χ0v) is 21.8. The molecule has 1 aromatic heterocycles. The van der Waals surface area contributed by atoms with Gasteiger partial charge in [0, 0.05) is 29.0 Å². The molecule has 0 amide bonds. The number of nitrogens with zero attached hydrogens (tertiary/aromatic N) is 2. The van der Waals surface area contributed by atoms with Crippen LogP contribution in [-0.4, -0.2) is 63.6 Å². The van der Waals surface area contributed by atoms with Gasteiger partial charge < -0.3 is 19.8 Å². The fraction of sp³-hybridized carbons (Fsp3) is 0.500. The quantitative estimate of drug-likeness (QED) is 0.569. The first-order chi connectivity index (χ1) is 17.2. The lowest BCUT2D eigenvalue weighted by molar-refractivity contribution is -0.161. The molecule has 6 heteroatoms. The van der Waals surface area contributed by atoms with Gasteiger partial charge in [-0.2, -0.15) is 0 Å². The third kappa shape index (κ3) is 2.84. The number of allylic oxidation sites excluding steroid dienone is 3. The Morgan fingerprint density at radius 2 is 1.97 bits per heavy atom. The van der Waals surface area contributed by atoms with E-state index in [2.05, 4.69) is 48.3 Å². The summed E-state index contributed by atoms with van der Waals surface area (Å²) in [6.45, 7) is 2.39. The second-order valence-corrected chi connectivity index (χ2v) is 12.3. The maximum absolute atomic E-state index is 11.2. The highest BCUT2D eigenvalue weighted by Gasteiger charge is 2.67. The molecule has 188 valence electrons. The van der Waals surface area contributed by atoms with E-state index in [1.807, 2.05) is 25.1 Å². The summed E-state index contributed by atoms with van der Waals surface area (Å²) < 4.78 is 7.23. The molecule has 3 heterocycles. The lowest BCUT2D eigenvalue weighted by Crippen LogP contribution is -2.61. The normalized spacial score (nSPS) is 40.9. The van der Waals surface area contributed by atoms with Crippen molar-refractivity contribution in [1.82, 2.24) is 9.88 Å². The van der Waals surface area contributed by atoms with E-state index >= 15 is 0 Å². The monoisotopic (exact) mass is 504 g/mol. The molecule has 2 aromatic rings. The molecular formula is C30H33ClN2O3. The number of halogens is 1. The predicted molar refractivity (Wildman–Crippen MR) is 142 cm³/mol. The van der Waals surface area contributed by atoms with E-state index in [4.69, 9.17) is 16.3 Å². The van der Waals surface area contributed by atoms with Crippen LogP contribution in [0.15, 0.2) is 59.8 Å². The molecule has 5 nitrogen and oxygen atoms in total. The summed E-state index contributed by atoms with van der Waals surface area (Å²) in [5.74, 6) is 0.319. The van der Waals surface area contributed by atoms with Crippen LogP contribution in [-0.2, 0) is 4.74 Å². The summed E-state index contributed by atoms with van der Waals surface area (Å²) >= 11 is 6.46. The summed E-state index contributed by atoms with van der Waals surface area (Å²) in [5, 5.41) is 24.7. The second kappa shape index (κ2) is 7.52. The molecule has 36 heavy (non-hydrogen) atoms. The van der Waals surface area contributed by atoms with Gasteiger partial charge in [-0.05, 0) is 86.0 Å². The van der Waals surface area contributed by atoms with Crippen molar-refractivity contribution in [2.75, 3.05) is 14.1 Å². The van der Waals surface area contributed by atoms with Gasteiger partial charge in [0.2, 0.25) is 0 Å². The smallest absolute Gasteiger partial charge is 0.136 e. The molecule has 1 saturated carbocycles. The summed E-state index contributed by atoms with van der Waals surface area (Å²) in [7, 11) is 3.95. The van der Waals surface area contributed by atoms with Crippen molar-refractivity contribution >= 4 is 27.9 Å². The van der Waals surface area contributed by atoms with E-state index in [1.165, 1.54) is 16.7 Å². The first-order valence-corrected chi connectivity index (χ1v) is 13.5. The number of aliphatic hydroxyl groups is 2. The van der Waals surface area contributed by atoms with Crippen LogP contribution in [0.4, 0.5) is 0 Å². The lowest BCUT2D eigenvalue weighted by atomic mass is 9.58. The van der Waals surface area contributed by atoms with Gasteiger partial charge in [0.1, 0.15) is 11.3 Å². The van der Waals surface area contributed by atoms with E-state index in [1.54, 1.807) is 6.20 Å². The molecule has 0 radical (unpaired) electrons. The minimum Gasteiger partial charge on any atom is -0.388 e. The molecular weight excluding hydrogens is 472 g/mol. The largest absolute Gasteiger partial charge is 0.388 e. The van der Waals surface area contributed by atoms with Crippen LogP contribution in [0, 0.1) is 11.3 Å². The lowest BCUT2D eigenvalue weighted by Gasteiger charge is -2.55. The molecule has 1 aromatic carbocycles. The van der Waals surface area contributed by atoms with Crippen LogP contribution in [0.2, 0.25) is 5.15 Å². The molecule has 2 bridgehead atoms. The highest BCUT2D eigenvalue weighted by atomic mass is 35.5. The van der Waals surface area contributed by atoms with Gasteiger partial charge in [-0.3, -0.25) is 0 Å². The number of aromatic nitrogens is 1. The van der Waals surface area contributed by atoms with Gasteiger partial charge in [-0.25, -0.2) is 4.98 Å². The first-order valence-electron chi connectivity index (χ1n) is 13.1. The van der Waals surface area contributed by atoms with E-state index in [-0.39, 0.29) is 17.1 Å². The van der Waals surface area contributed by atoms with E-state index in [0.29, 0.717) is 17.5 Å². The van der Waals surface area contributed by atoms with Crippen molar-refractivity contribution < 1.29 is 14.9 Å². The van der Waals surface area contributed by atoms with Crippen molar-refractivity contribution in [3.8, 4) is 0 Å². The Balaban J connectivity index is 1.30. The van der Waals surface area contributed by atoms with E-state index in [9.17, 15) is 10.2 Å². The third-order valence-corrected chi connectivity index (χ3v) is 10.4. The highest BCUT2D eigenvalue weighted by Crippen LogP contribution is 2.67. The summed E-state index contributed by atoms with van der Waals surface area (Å²) in [6, 6.07) is 8.41. The molecule has 3 aliphatic carbocycles. The number of pyridine rings is 1. The maximum Gasteiger partial charge on any atom is 0.136 e. The topological polar surface area (TPSA) is 65.8 Å². The van der Waals surface area contributed by atoms with Crippen molar-refractivity contribution in [1.29, 1.82) is 0 Å². The molecule has 7 rings (SSSR count). The number of rotatable bonds is 2. The predicted octanol–water partition coefficient (Wildman–Crippen LogP) is 4.91. The Labute approximate surface area is 217 Å². The van der Waals surface area contributed by atoms with Gasteiger partial charge in [-0.1, -0.05) is 48.9 Å². The average molecular weight is 505 g/mol. The Morgan fingerprint density at radius 1 is 1.14 bits per heavy atom. The number of hydrogen-bond acceptors (Lipinski definition) is 5. The highest BCUT2D eigenvalue weighted by molar-refractivity contribution is 6.34. The summed E-state index contributed by atoms with van der Waals surface area (Å²) in [5.41, 5.74) is 3.72. The van der Waals surface area contributed by atoms with Crippen LogP contribution in [0.3, 0.4) is 0 Å². The number of aliphatic hydroxyl groups excluding tert-OH is 2.